The molecule has 1 aromatic carbocycles. The lowest BCUT2D eigenvalue weighted by molar-refractivity contribution is 0.244. The molecule has 0 aromatic heterocycles. The van der Waals surface area contributed by atoms with Crippen LogP contribution in [0.5, 0.6) is 0 Å². The minimum atomic E-state index is -0.278. The van der Waals surface area contributed by atoms with Crippen molar-refractivity contribution in [3.05, 3.63) is 47.6 Å². The number of benzene rings is 1. The summed E-state index contributed by atoms with van der Waals surface area (Å²) in [7, 11) is 0. The fraction of sp³-hybridized carbons (Fsp3) is 0.100. The SMILES string of the molecule is C=CNC(=O)NCc1cccc(Cl)c1. The number of carbonyl (C=O) groups is 1. The normalized spacial score (nSPS) is 9.21. The van der Waals surface area contributed by atoms with E-state index in [1.807, 2.05) is 12.1 Å². The molecular formula is C10H11ClN2O. The molecule has 1 rings (SSSR count). The Bertz CT molecular complexity index is 339. The second kappa shape index (κ2) is 5.29. The molecule has 3 nitrogen and oxygen atoms in total. The van der Waals surface area contributed by atoms with Gasteiger partial charge in [0.05, 0.1) is 0 Å². The van der Waals surface area contributed by atoms with Crippen LogP contribution in [0.2, 0.25) is 5.02 Å². The molecule has 0 heterocycles. The van der Waals surface area contributed by atoms with E-state index in [0.717, 1.165) is 5.56 Å². The predicted molar refractivity (Wildman–Crippen MR) is 57.0 cm³/mol. The van der Waals surface area contributed by atoms with Gasteiger partial charge in [-0.2, -0.15) is 0 Å². The number of nitrogens with one attached hydrogen (secondary N) is 2. The Balaban J connectivity index is 2.45. The Morgan fingerprint density at radius 3 is 3.00 bits per heavy atom. The topological polar surface area (TPSA) is 41.1 Å². The maximum Gasteiger partial charge on any atom is 0.319 e. The molecule has 0 bridgehead atoms. The second-order valence-corrected chi connectivity index (χ2v) is 3.10. The standard InChI is InChI=1S/C10H11ClN2O/c1-2-12-10(14)13-7-8-4-3-5-9(11)6-8/h2-6H,1,7H2,(H2,12,13,14). The fourth-order valence-electron chi connectivity index (χ4n) is 0.973. The Hall–Kier alpha value is -1.48. The zero-order valence-electron chi connectivity index (χ0n) is 7.59. The number of carbonyl (C=O) groups excluding carboxylic acids is 1. The molecule has 1 aromatic rings. The fourth-order valence-corrected chi connectivity index (χ4v) is 1.19. The quantitative estimate of drug-likeness (QED) is 0.790. The largest absolute Gasteiger partial charge is 0.334 e. The van der Waals surface area contributed by atoms with Crippen LogP contribution in [0.1, 0.15) is 5.56 Å². The van der Waals surface area contributed by atoms with Gasteiger partial charge in [-0.25, -0.2) is 4.79 Å². The van der Waals surface area contributed by atoms with Crippen molar-refractivity contribution < 1.29 is 4.79 Å². The minimum absolute atomic E-state index is 0.278. The molecule has 4 heteroatoms. The molecule has 0 spiro atoms. The van der Waals surface area contributed by atoms with Crippen molar-refractivity contribution in [2.45, 2.75) is 6.54 Å². The van der Waals surface area contributed by atoms with Crippen molar-refractivity contribution in [1.29, 1.82) is 0 Å². The highest BCUT2D eigenvalue weighted by Gasteiger charge is 1.97. The number of amides is 2. The number of urea groups is 1. The van der Waals surface area contributed by atoms with Gasteiger partial charge < -0.3 is 10.6 Å². The van der Waals surface area contributed by atoms with Gasteiger partial charge in [0, 0.05) is 11.6 Å². The molecule has 0 saturated heterocycles. The molecule has 0 atom stereocenters. The Kier molecular flexibility index (Phi) is 4.01. The van der Waals surface area contributed by atoms with Gasteiger partial charge in [0.15, 0.2) is 0 Å². The lowest BCUT2D eigenvalue weighted by Gasteiger charge is -2.04. The van der Waals surface area contributed by atoms with E-state index in [4.69, 9.17) is 11.6 Å². The van der Waals surface area contributed by atoms with E-state index in [0.29, 0.717) is 11.6 Å². The van der Waals surface area contributed by atoms with Crippen LogP contribution < -0.4 is 10.6 Å². The first-order valence-electron chi connectivity index (χ1n) is 4.12. The summed E-state index contributed by atoms with van der Waals surface area (Å²) in [5.74, 6) is 0. The first-order valence-corrected chi connectivity index (χ1v) is 4.50. The van der Waals surface area contributed by atoms with Crippen LogP contribution in [0.4, 0.5) is 4.79 Å². The van der Waals surface area contributed by atoms with Gasteiger partial charge in [0.25, 0.3) is 0 Å². The van der Waals surface area contributed by atoms with Crippen LogP contribution in [0, 0.1) is 0 Å². The lowest BCUT2D eigenvalue weighted by Crippen LogP contribution is -2.31. The molecule has 0 aliphatic heterocycles. The molecule has 0 saturated carbocycles. The highest BCUT2D eigenvalue weighted by Crippen LogP contribution is 2.09. The summed E-state index contributed by atoms with van der Waals surface area (Å²) in [5.41, 5.74) is 0.955. The first-order chi connectivity index (χ1) is 6.72. The summed E-state index contributed by atoms with van der Waals surface area (Å²) >= 11 is 5.78. The van der Waals surface area contributed by atoms with Crippen molar-refractivity contribution in [2.75, 3.05) is 0 Å². The van der Waals surface area contributed by atoms with E-state index >= 15 is 0 Å². The van der Waals surface area contributed by atoms with E-state index in [1.54, 1.807) is 12.1 Å². The van der Waals surface area contributed by atoms with E-state index in [1.165, 1.54) is 6.20 Å². The number of rotatable bonds is 3. The summed E-state index contributed by atoms with van der Waals surface area (Å²) in [5, 5.41) is 5.72. The van der Waals surface area contributed by atoms with E-state index < -0.39 is 0 Å². The molecule has 0 aliphatic carbocycles. The van der Waals surface area contributed by atoms with Crippen LogP contribution in [0.25, 0.3) is 0 Å². The average Bonchev–Trinajstić information content (AvgIpc) is 2.15. The molecule has 0 aliphatic rings. The number of hydrogen-bond donors (Lipinski definition) is 2. The van der Waals surface area contributed by atoms with E-state index in [9.17, 15) is 4.79 Å². The van der Waals surface area contributed by atoms with Gasteiger partial charge in [-0.1, -0.05) is 30.3 Å². The maximum atomic E-state index is 11.0. The maximum absolute atomic E-state index is 11.0. The lowest BCUT2D eigenvalue weighted by atomic mass is 10.2. The van der Waals surface area contributed by atoms with Crippen LogP contribution in [-0.4, -0.2) is 6.03 Å². The van der Waals surface area contributed by atoms with Crippen LogP contribution in [0.3, 0.4) is 0 Å². The van der Waals surface area contributed by atoms with Crippen molar-refractivity contribution in [3.8, 4) is 0 Å². The molecule has 14 heavy (non-hydrogen) atoms. The monoisotopic (exact) mass is 210 g/mol. The Labute approximate surface area is 87.8 Å². The van der Waals surface area contributed by atoms with Gasteiger partial charge in [-0.3, -0.25) is 0 Å². The predicted octanol–water partition coefficient (Wildman–Crippen LogP) is 2.28. The second-order valence-electron chi connectivity index (χ2n) is 2.66. The van der Waals surface area contributed by atoms with Crippen molar-refractivity contribution in [2.24, 2.45) is 0 Å². The Morgan fingerprint density at radius 1 is 1.57 bits per heavy atom. The average molecular weight is 211 g/mol. The Morgan fingerprint density at radius 2 is 2.36 bits per heavy atom. The summed E-state index contributed by atoms with van der Waals surface area (Å²) in [6.45, 7) is 3.82. The van der Waals surface area contributed by atoms with E-state index in [-0.39, 0.29) is 6.03 Å². The van der Waals surface area contributed by atoms with Gasteiger partial charge >= 0.3 is 6.03 Å². The molecule has 0 radical (unpaired) electrons. The summed E-state index contributed by atoms with van der Waals surface area (Å²) < 4.78 is 0. The highest BCUT2D eigenvalue weighted by molar-refractivity contribution is 6.30. The smallest absolute Gasteiger partial charge is 0.319 e. The third-order valence-corrected chi connectivity index (χ3v) is 1.81. The minimum Gasteiger partial charge on any atom is -0.334 e. The summed E-state index contributed by atoms with van der Waals surface area (Å²) in [6, 6.07) is 7.04. The summed E-state index contributed by atoms with van der Waals surface area (Å²) in [6.07, 6.45) is 1.33. The third-order valence-electron chi connectivity index (χ3n) is 1.58. The van der Waals surface area contributed by atoms with Crippen LogP contribution in [-0.2, 0) is 6.54 Å². The molecule has 0 unspecified atom stereocenters. The zero-order chi connectivity index (χ0) is 10.4. The zero-order valence-corrected chi connectivity index (χ0v) is 8.34. The van der Waals surface area contributed by atoms with Crippen molar-refractivity contribution >= 4 is 17.6 Å². The van der Waals surface area contributed by atoms with E-state index in [2.05, 4.69) is 17.2 Å². The first kappa shape index (κ1) is 10.6. The highest BCUT2D eigenvalue weighted by atomic mass is 35.5. The molecule has 0 fully saturated rings. The van der Waals surface area contributed by atoms with Gasteiger partial charge in [0.1, 0.15) is 0 Å². The van der Waals surface area contributed by atoms with Gasteiger partial charge in [-0.05, 0) is 23.9 Å². The van der Waals surface area contributed by atoms with Crippen molar-refractivity contribution in [1.82, 2.24) is 10.6 Å². The number of halogens is 1. The molecule has 74 valence electrons. The molecule has 2 N–H and O–H groups in total. The van der Waals surface area contributed by atoms with Crippen LogP contribution in [0.15, 0.2) is 37.0 Å². The molecule has 2 amide bonds. The van der Waals surface area contributed by atoms with Gasteiger partial charge in [-0.15, -0.1) is 0 Å². The summed E-state index contributed by atoms with van der Waals surface area (Å²) in [4.78, 5) is 11.0. The van der Waals surface area contributed by atoms with Crippen LogP contribution >= 0.6 is 11.6 Å². The third kappa shape index (κ3) is 3.49. The van der Waals surface area contributed by atoms with Gasteiger partial charge in [0.2, 0.25) is 0 Å². The molecular weight excluding hydrogens is 200 g/mol. The number of hydrogen-bond acceptors (Lipinski definition) is 1. The van der Waals surface area contributed by atoms with Crippen molar-refractivity contribution in [3.63, 3.8) is 0 Å².